The van der Waals surface area contributed by atoms with Crippen LogP contribution in [0.2, 0.25) is 0 Å². The van der Waals surface area contributed by atoms with Gasteiger partial charge in [0.1, 0.15) is 18.1 Å². The standard InChI is InChI=1S/C17H11F5N4O3/c1-28-8-3-2-6(14-15(17(23)27)25-26-24-14)4-7(8)5-29-16-12(21)10(19)9(18)11(20)13(16)22/h2-4H,5H2,1H3,(H2,23,27)(H,24,25,26). The van der Waals surface area contributed by atoms with E-state index < -0.39 is 47.3 Å². The molecule has 0 aliphatic rings. The van der Waals surface area contributed by atoms with Crippen molar-refractivity contribution in [3.8, 4) is 22.8 Å². The Morgan fingerprint density at radius 2 is 1.66 bits per heavy atom. The Labute approximate surface area is 159 Å². The molecule has 0 fully saturated rings. The van der Waals surface area contributed by atoms with E-state index in [1.54, 1.807) is 0 Å². The van der Waals surface area contributed by atoms with Crippen molar-refractivity contribution in [3.05, 3.63) is 58.5 Å². The Kier molecular flexibility index (Phi) is 5.35. The number of carbonyl (C=O) groups excluding carboxylic acids is 1. The van der Waals surface area contributed by atoms with Crippen LogP contribution in [0.15, 0.2) is 18.2 Å². The van der Waals surface area contributed by atoms with Crippen LogP contribution in [-0.2, 0) is 6.61 Å². The van der Waals surface area contributed by atoms with Crippen LogP contribution < -0.4 is 15.2 Å². The summed E-state index contributed by atoms with van der Waals surface area (Å²) in [4.78, 5) is 11.4. The number of primary amides is 1. The maximum Gasteiger partial charge on any atom is 0.271 e. The van der Waals surface area contributed by atoms with Gasteiger partial charge in [-0.2, -0.15) is 24.2 Å². The van der Waals surface area contributed by atoms with E-state index in [4.69, 9.17) is 15.2 Å². The van der Waals surface area contributed by atoms with Gasteiger partial charge in [0.05, 0.1) is 7.11 Å². The highest BCUT2D eigenvalue weighted by Crippen LogP contribution is 2.32. The lowest BCUT2D eigenvalue weighted by atomic mass is 10.1. The monoisotopic (exact) mass is 414 g/mol. The van der Waals surface area contributed by atoms with Crippen molar-refractivity contribution in [3.63, 3.8) is 0 Å². The lowest BCUT2D eigenvalue weighted by molar-refractivity contribution is 0.0996. The van der Waals surface area contributed by atoms with E-state index in [-0.39, 0.29) is 22.7 Å². The molecule has 3 N–H and O–H groups in total. The minimum Gasteiger partial charge on any atom is -0.496 e. The molecule has 1 amide bonds. The molecule has 29 heavy (non-hydrogen) atoms. The molecule has 7 nitrogen and oxygen atoms in total. The summed E-state index contributed by atoms with van der Waals surface area (Å²) in [5.74, 6) is -12.9. The lowest BCUT2D eigenvalue weighted by Gasteiger charge is -2.13. The van der Waals surface area contributed by atoms with E-state index in [0.29, 0.717) is 5.56 Å². The molecular weight excluding hydrogens is 403 g/mol. The molecule has 12 heteroatoms. The molecule has 152 valence electrons. The van der Waals surface area contributed by atoms with Crippen LogP contribution in [-0.4, -0.2) is 28.4 Å². The lowest BCUT2D eigenvalue weighted by Crippen LogP contribution is -2.13. The highest BCUT2D eigenvalue weighted by molar-refractivity contribution is 5.96. The third-order valence-electron chi connectivity index (χ3n) is 3.88. The van der Waals surface area contributed by atoms with Gasteiger partial charge >= 0.3 is 0 Å². The van der Waals surface area contributed by atoms with Gasteiger partial charge in [0.25, 0.3) is 5.91 Å². The molecule has 3 aromatic rings. The number of aromatic nitrogens is 3. The SMILES string of the molecule is COc1ccc(-c2n[nH]nc2C(N)=O)cc1COc1c(F)c(F)c(F)c(F)c1F. The van der Waals surface area contributed by atoms with Crippen molar-refractivity contribution >= 4 is 5.91 Å². The van der Waals surface area contributed by atoms with Gasteiger partial charge in [0.2, 0.25) is 29.1 Å². The Hall–Kier alpha value is -3.70. The van der Waals surface area contributed by atoms with Gasteiger partial charge in [-0.1, -0.05) is 0 Å². The summed E-state index contributed by atoms with van der Waals surface area (Å²) >= 11 is 0. The number of nitrogens with zero attached hydrogens (tertiary/aromatic N) is 2. The zero-order valence-corrected chi connectivity index (χ0v) is 14.5. The number of amides is 1. The Morgan fingerprint density at radius 1 is 1.03 bits per heavy atom. The average Bonchev–Trinajstić information content (AvgIpc) is 3.21. The minimum atomic E-state index is -2.29. The number of carbonyl (C=O) groups is 1. The summed E-state index contributed by atoms with van der Waals surface area (Å²) < 4.78 is 77.3. The fraction of sp³-hybridized carbons (Fsp3) is 0.118. The topological polar surface area (TPSA) is 103 Å². The van der Waals surface area contributed by atoms with E-state index in [1.807, 2.05) is 0 Å². The third kappa shape index (κ3) is 3.56. The number of hydrogen-bond acceptors (Lipinski definition) is 5. The number of rotatable bonds is 6. The van der Waals surface area contributed by atoms with Crippen molar-refractivity contribution in [2.75, 3.05) is 7.11 Å². The van der Waals surface area contributed by atoms with Crippen LogP contribution in [0.1, 0.15) is 16.1 Å². The van der Waals surface area contributed by atoms with Crippen LogP contribution in [0.5, 0.6) is 11.5 Å². The van der Waals surface area contributed by atoms with Crippen LogP contribution >= 0.6 is 0 Å². The number of nitrogens with two attached hydrogens (primary N) is 1. The number of nitrogens with one attached hydrogen (secondary N) is 1. The molecule has 0 unspecified atom stereocenters. The number of H-pyrrole nitrogens is 1. The van der Waals surface area contributed by atoms with Gasteiger partial charge in [-0.15, -0.1) is 0 Å². The summed E-state index contributed by atoms with van der Waals surface area (Å²) in [5, 5.41) is 9.66. The first kappa shape index (κ1) is 20.0. The molecule has 0 bridgehead atoms. The molecular formula is C17H11F5N4O3. The van der Waals surface area contributed by atoms with E-state index >= 15 is 0 Å². The average molecular weight is 414 g/mol. The second-order valence-electron chi connectivity index (χ2n) is 5.60. The number of ether oxygens (including phenoxy) is 2. The van der Waals surface area contributed by atoms with Gasteiger partial charge < -0.3 is 15.2 Å². The van der Waals surface area contributed by atoms with Gasteiger partial charge in [-0.3, -0.25) is 4.79 Å². The first-order valence-corrected chi connectivity index (χ1v) is 7.78. The van der Waals surface area contributed by atoms with Crippen molar-refractivity contribution in [1.82, 2.24) is 15.4 Å². The predicted octanol–water partition coefficient (Wildman–Crippen LogP) is 2.85. The number of halogens is 5. The predicted molar refractivity (Wildman–Crippen MR) is 87.5 cm³/mol. The summed E-state index contributed by atoms with van der Waals surface area (Å²) in [6.45, 7) is -0.626. The maximum absolute atomic E-state index is 13.8. The Morgan fingerprint density at radius 3 is 2.24 bits per heavy atom. The highest BCUT2D eigenvalue weighted by atomic mass is 19.2. The molecule has 0 spiro atoms. The van der Waals surface area contributed by atoms with Gasteiger partial charge in [-0.25, -0.2) is 13.2 Å². The van der Waals surface area contributed by atoms with Crippen molar-refractivity contribution in [1.29, 1.82) is 0 Å². The first-order chi connectivity index (χ1) is 13.8. The molecule has 2 aromatic carbocycles. The zero-order valence-electron chi connectivity index (χ0n) is 14.5. The molecule has 0 atom stereocenters. The number of aromatic amines is 1. The van der Waals surface area contributed by atoms with E-state index in [0.717, 1.165) is 0 Å². The van der Waals surface area contributed by atoms with E-state index in [2.05, 4.69) is 15.4 Å². The third-order valence-corrected chi connectivity index (χ3v) is 3.88. The molecule has 1 aromatic heterocycles. The fourth-order valence-corrected chi connectivity index (χ4v) is 2.50. The quantitative estimate of drug-likeness (QED) is 0.367. The second-order valence-corrected chi connectivity index (χ2v) is 5.60. The van der Waals surface area contributed by atoms with Crippen molar-refractivity contribution in [2.45, 2.75) is 6.61 Å². The number of hydrogen-bond donors (Lipinski definition) is 2. The largest absolute Gasteiger partial charge is 0.496 e. The van der Waals surface area contributed by atoms with E-state index in [9.17, 15) is 26.7 Å². The van der Waals surface area contributed by atoms with E-state index in [1.165, 1.54) is 25.3 Å². The Balaban J connectivity index is 1.98. The molecule has 0 radical (unpaired) electrons. The zero-order chi connectivity index (χ0) is 21.3. The smallest absolute Gasteiger partial charge is 0.271 e. The number of methoxy groups -OCH3 is 1. The molecule has 0 aliphatic carbocycles. The molecule has 0 saturated heterocycles. The second kappa shape index (κ2) is 7.73. The molecule has 3 rings (SSSR count). The maximum atomic E-state index is 13.8. The van der Waals surface area contributed by atoms with Gasteiger partial charge in [-0.05, 0) is 18.2 Å². The van der Waals surface area contributed by atoms with Crippen LogP contribution in [0, 0.1) is 29.1 Å². The summed E-state index contributed by atoms with van der Waals surface area (Å²) in [7, 11) is 1.29. The number of benzene rings is 2. The van der Waals surface area contributed by atoms with Crippen LogP contribution in [0.4, 0.5) is 22.0 Å². The van der Waals surface area contributed by atoms with Crippen molar-refractivity contribution < 1.29 is 36.2 Å². The molecule has 1 heterocycles. The summed E-state index contributed by atoms with van der Waals surface area (Å²) in [6, 6.07) is 4.28. The highest BCUT2D eigenvalue weighted by Gasteiger charge is 2.27. The molecule has 0 saturated carbocycles. The fourth-order valence-electron chi connectivity index (χ4n) is 2.50. The molecule has 0 aliphatic heterocycles. The van der Waals surface area contributed by atoms with Gasteiger partial charge in [0.15, 0.2) is 11.4 Å². The van der Waals surface area contributed by atoms with Gasteiger partial charge in [0, 0.05) is 11.1 Å². The summed E-state index contributed by atoms with van der Waals surface area (Å²) in [5.41, 5.74) is 5.59. The summed E-state index contributed by atoms with van der Waals surface area (Å²) in [6.07, 6.45) is 0. The normalized spacial score (nSPS) is 10.8. The first-order valence-electron chi connectivity index (χ1n) is 7.78. The Bertz CT molecular complexity index is 1070. The van der Waals surface area contributed by atoms with Crippen LogP contribution in [0.3, 0.4) is 0 Å². The minimum absolute atomic E-state index is 0.0811. The van der Waals surface area contributed by atoms with Crippen molar-refractivity contribution in [2.24, 2.45) is 5.73 Å². The van der Waals surface area contributed by atoms with Crippen LogP contribution in [0.25, 0.3) is 11.3 Å².